The highest BCUT2D eigenvalue weighted by molar-refractivity contribution is 8.00. The number of fused-ring (bicyclic) bond motifs is 1. The normalized spacial score (nSPS) is 22.9. The largest absolute Gasteiger partial charge is 0.477 e. The lowest BCUT2D eigenvalue weighted by Crippen LogP contribution is -2.71. The van der Waals surface area contributed by atoms with E-state index in [9.17, 15) is 24.3 Å². The van der Waals surface area contributed by atoms with Gasteiger partial charge in [0.2, 0.25) is 6.41 Å². The van der Waals surface area contributed by atoms with Crippen LogP contribution in [0.3, 0.4) is 0 Å². The third-order valence-electron chi connectivity index (χ3n) is 4.05. The number of thioether (sulfide) groups is 1. The maximum atomic E-state index is 12.8. The molecule has 1 fully saturated rings. The Morgan fingerprint density at radius 3 is 2.93 bits per heavy atom. The molecule has 0 bridgehead atoms. The molecule has 1 aromatic rings. The highest BCUT2D eigenvalue weighted by atomic mass is 32.2. The number of hydrogen-bond acceptors (Lipinski definition) is 9. The van der Waals surface area contributed by atoms with E-state index in [2.05, 4.69) is 27.4 Å². The minimum absolute atomic E-state index is 0.0409. The highest BCUT2D eigenvalue weighted by Crippen LogP contribution is 2.40. The van der Waals surface area contributed by atoms with Gasteiger partial charge in [-0.3, -0.25) is 19.3 Å². The molecule has 2 unspecified atom stereocenters. The zero-order chi connectivity index (χ0) is 21.8. The molecule has 0 saturated carbocycles. The average molecular weight is 451 g/mol. The molecule has 2 aliphatic rings. The van der Waals surface area contributed by atoms with Crippen molar-refractivity contribution in [2.75, 3.05) is 11.9 Å². The molecule has 30 heavy (non-hydrogen) atoms. The van der Waals surface area contributed by atoms with Gasteiger partial charge in [0.05, 0.1) is 0 Å². The average Bonchev–Trinajstić information content (AvgIpc) is 3.17. The number of thiazole rings is 1. The molecule has 1 aromatic heterocycles. The number of nitrogens with zero attached hydrogens (tertiary/aromatic N) is 3. The first kappa shape index (κ1) is 21.5. The number of carbonyl (C=O) groups is 4. The first-order chi connectivity index (χ1) is 14.4. The highest BCUT2D eigenvalue weighted by Gasteiger charge is 2.54. The van der Waals surface area contributed by atoms with E-state index in [1.165, 1.54) is 29.3 Å². The fourth-order valence-electron chi connectivity index (χ4n) is 2.80. The van der Waals surface area contributed by atoms with Gasteiger partial charge < -0.3 is 20.6 Å². The Hall–Kier alpha value is -3.19. The summed E-state index contributed by atoms with van der Waals surface area (Å²) >= 11 is 2.43. The monoisotopic (exact) mass is 451 g/mol. The molecule has 0 radical (unpaired) electrons. The van der Waals surface area contributed by atoms with Gasteiger partial charge in [-0.1, -0.05) is 17.8 Å². The third-order valence-corrected chi connectivity index (χ3v) is 6.15. The van der Waals surface area contributed by atoms with Gasteiger partial charge in [0.1, 0.15) is 29.4 Å². The Labute approximate surface area is 178 Å². The van der Waals surface area contributed by atoms with Crippen LogP contribution in [-0.2, 0) is 24.0 Å². The number of carboxylic acid groups (broad SMARTS) is 1. The van der Waals surface area contributed by atoms with Gasteiger partial charge in [0, 0.05) is 10.6 Å². The van der Waals surface area contributed by atoms with Gasteiger partial charge >= 0.3 is 5.97 Å². The number of rotatable bonds is 9. The Balaban J connectivity index is 1.79. The summed E-state index contributed by atoms with van der Waals surface area (Å²) in [6.45, 7) is 5.34. The zero-order valence-electron chi connectivity index (χ0n) is 15.6. The molecule has 158 valence electrons. The van der Waals surface area contributed by atoms with Crippen LogP contribution in [0.25, 0.3) is 0 Å². The predicted molar refractivity (Wildman–Crippen MR) is 110 cm³/mol. The maximum Gasteiger partial charge on any atom is 0.352 e. The van der Waals surface area contributed by atoms with Crippen LogP contribution < -0.4 is 10.6 Å². The quantitative estimate of drug-likeness (QED) is 0.122. The summed E-state index contributed by atoms with van der Waals surface area (Å²) < 4.78 is 0. The van der Waals surface area contributed by atoms with Crippen molar-refractivity contribution < 1.29 is 29.1 Å². The molecule has 0 aromatic carbocycles. The summed E-state index contributed by atoms with van der Waals surface area (Å²) in [4.78, 5) is 57.6. The van der Waals surface area contributed by atoms with Crippen LogP contribution in [0.5, 0.6) is 0 Å². The predicted octanol–water partition coefficient (Wildman–Crippen LogP) is 0.375. The van der Waals surface area contributed by atoms with Gasteiger partial charge in [0.15, 0.2) is 10.8 Å². The van der Waals surface area contributed by atoms with Crippen molar-refractivity contribution in [1.82, 2.24) is 15.2 Å². The van der Waals surface area contributed by atoms with Crippen LogP contribution in [0, 0.1) is 0 Å². The number of anilines is 1. The Morgan fingerprint density at radius 1 is 1.50 bits per heavy atom. The number of carboxylic acids is 1. The van der Waals surface area contributed by atoms with Crippen LogP contribution in [0.1, 0.15) is 12.6 Å². The van der Waals surface area contributed by atoms with Crippen LogP contribution in [-0.4, -0.2) is 68.2 Å². The molecule has 1 saturated heterocycles. The van der Waals surface area contributed by atoms with Gasteiger partial charge in [-0.25, -0.2) is 9.78 Å². The summed E-state index contributed by atoms with van der Waals surface area (Å²) in [5, 5.41) is 19.1. The van der Waals surface area contributed by atoms with Crippen molar-refractivity contribution in [3.05, 3.63) is 35.5 Å². The minimum atomic E-state index is -1.21. The van der Waals surface area contributed by atoms with Crippen LogP contribution in [0.15, 0.2) is 35.0 Å². The van der Waals surface area contributed by atoms with Gasteiger partial charge in [-0.15, -0.1) is 23.1 Å². The number of carbonyl (C=O) groups excluding carboxylic acids is 3. The Morgan fingerprint density at radius 2 is 2.27 bits per heavy atom. The van der Waals surface area contributed by atoms with Crippen molar-refractivity contribution in [3.63, 3.8) is 0 Å². The molecule has 3 rings (SSSR count). The first-order valence-corrected chi connectivity index (χ1v) is 10.4. The molecule has 13 heteroatoms. The van der Waals surface area contributed by atoms with E-state index in [0.717, 1.165) is 16.2 Å². The van der Waals surface area contributed by atoms with E-state index in [-0.39, 0.29) is 34.1 Å². The smallest absolute Gasteiger partial charge is 0.352 e. The second kappa shape index (κ2) is 9.09. The second-order valence-electron chi connectivity index (χ2n) is 6.07. The second-order valence-corrected chi connectivity index (χ2v) is 8.43. The number of aliphatic carboxylic acids is 1. The lowest BCUT2D eigenvalue weighted by atomic mass is 10.0. The zero-order valence-corrected chi connectivity index (χ0v) is 17.2. The van der Waals surface area contributed by atoms with Crippen molar-refractivity contribution >= 4 is 58.1 Å². The molecular weight excluding hydrogens is 434 g/mol. The number of oxime groups is 1. The number of hydrogen-bond donors (Lipinski definition) is 3. The summed E-state index contributed by atoms with van der Waals surface area (Å²) in [6.07, 6.45) is 3.38. The molecule has 0 spiro atoms. The molecule has 0 aliphatic carbocycles. The van der Waals surface area contributed by atoms with Crippen LogP contribution in [0.2, 0.25) is 0 Å². The number of nitrogens with one attached hydrogen (secondary N) is 2. The lowest BCUT2D eigenvalue weighted by Gasteiger charge is -2.49. The van der Waals surface area contributed by atoms with Gasteiger partial charge in [-0.05, 0) is 13.0 Å². The van der Waals surface area contributed by atoms with E-state index in [1.54, 1.807) is 6.92 Å². The third kappa shape index (κ3) is 4.21. The molecule has 3 N–H and O–H groups in total. The lowest BCUT2D eigenvalue weighted by molar-refractivity contribution is -0.150. The van der Waals surface area contributed by atoms with E-state index in [1.807, 2.05) is 0 Å². The fourth-order valence-corrected chi connectivity index (χ4v) is 4.78. The van der Waals surface area contributed by atoms with E-state index >= 15 is 0 Å². The molecule has 2 aliphatic heterocycles. The van der Waals surface area contributed by atoms with Gasteiger partial charge in [0.25, 0.3) is 11.8 Å². The topological polar surface area (TPSA) is 150 Å². The Kier molecular flexibility index (Phi) is 6.52. The van der Waals surface area contributed by atoms with Crippen LogP contribution in [0.4, 0.5) is 5.13 Å². The summed E-state index contributed by atoms with van der Waals surface area (Å²) in [5.41, 5.74) is -0.152. The first-order valence-electron chi connectivity index (χ1n) is 8.58. The minimum Gasteiger partial charge on any atom is -0.477 e. The van der Waals surface area contributed by atoms with E-state index < -0.39 is 29.2 Å². The fraction of sp³-hybridized carbons (Fsp3) is 0.294. The molecule has 3 heterocycles. The summed E-state index contributed by atoms with van der Waals surface area (Å²) in [7, 11) is 0. The van der Waals surface area contributed by atoms with Crippen molar-refractivity contribution in [2.45, 2.75) is 23.6 Å². The number of amides is 3. The summed E-state index contributed by atoms with van der Waals surface area (Å²) in [6, 6.07) is -0.927. The Bertz CT molecular complexity index is 958. The van der Waals surface area contributed by atoms with Crippen molar-refractivity contribution in [1.29, 1.82) is 0 Å². The standard InChI is InChI=1S/C17H17N5O6S2/c1-3-4-28-21-11(9-6-29-17(19-9)18-7-23)13(24)20-12-14(25)22-10(16(26)27)5-8(2)30-15(12)22/h3,5-8,12,15H,1,4H2,2H3,(H,20,24)(H,26,27)(H,18,19,23)/t8?,12?,15-/m1/s1. The van der Waals surface area contributed by atoms with Crippen LogP contribution >= 0.6 is 23.1 Å². The molecular formula is C17H17N5O6S2. The molecule has 11 nitrogen and oxygen atoms in total. The van der Waals surface area contributed by atoms with Gasteiger partial charge in [-0.2, -0.15) is 0 Å². The number of aromatic nitrogens is 1. The van der Waals surface area contributed by atoms with Crippen molar-refractivity contribution in [2.24, 2.45) is 5.16 Å². The molecule has 3 atom stereocenters. The molecule has 3 amide bonds. The number of β-lactam (4-membered cyclic amide) rings is 1. The van der Waals surface area contributed by atoms with E-state index in [0.29, 0.717) is 6.41 Å². The maximum absolute atomic E-state index is 12.8. The SMILES string of the molecule is C=CCON=C(C(=O)NC1C(=O)N2C(C(=O)O)=CC(C)S[C@H]12)c1csc(NC=O)n1. The van der Waals surface area contributed by atoms with Crippen molar-refractivity contribution in [3.8, 4) is 0 Å². The summed E-state index contributed by atoms with van der Waals surface area (Å²) in [5.74, 6) is -2.46. The van der Waals surface area contributed by atoms with E-state index in [4.69, 9.17) is 4.84 Å².